The van der Waals surface area contributed by atoms with Gasteiger partial charge < -0.3 is 10.1 Å². The third-order valence-electron chi connectivity index (χ3n) is 4.23. The number of hydrogen-bond donors (Lipinski definition) is 1. The Hall–Kier alpha value is -2.73. The number of anilines is 1. The van der Waals surface area contributed by atoms with Gasteiger partial charge in [-0.05, 0) is 31.2 Å². The quantitative estimate of drug-likeness (QED) is 0.820. The van der Waals surface area contributed by atoms with E-state index in [9.17, 15) is 9.59 Å². The van der Waals surface area contributed by atoms with Crippen LogP contribution < -0.4 is 10.2 Å². The zero-order valence-corrected chi connectivity index (χ0v) is 14.4. The average molecular weight is 339 g/mol. The summed E-state index contributed by atoms with van der Waals surface area (Å²) in [5, 5.41) is 2.81. The summed E-state index contributed by atoms with van der Waals surface area (Å²) < 4.78 is 4.95. The molecule has 0 bridgehead atoms. The van der Waals surface area contributed by atoms with Crippen LogP contribution in [0.5, 0.6) is 0 Å². The van der Waals surface area contributed by atoms with Gasteiger partial charge in [0.2, 0.25) is 5.91 Å². The van der Waals surface area contributed by atoms with Crippen LogP contribution >= 0.6 is 0 Å². The highest BCUT2D eigenvalue weighted by atomic mass is 16.5. The van der Waals surface area contributed by atoms with E-state index in [1.165, 1.54) is 0 Å². The molecular formula is C19H21N3O3. The Morgan fingerprint density at radius 3 is 2.76 bits per heavy atom. The molecule has 25 heavy (non-hydrogen) atoms. The van der Waals surface area contributed by atoms with Crippen LogP contribution in [0.15, 0.2) is 42.6 Å². The van der Waals surface area contributed by atoms with Crippen molar-refractivity contribution in [3.05, 3.63) is 59.4 Å². The van der Waals surface area contributed by atoms with Crippen LogP contribution in [0.25, 0.3) is 0 Å². The number of nitrogens with one attached hydrogen (secondary N) is 1. The summed E-state index contributed by atoms with van der Waals surface area (Å²) in [7, 11) is 1.58. The SMILES string of the molecule is COCCNC(=O)C[C@@H]1c2ncccc2C(=O)N1c1ccc(C)cc1. The van der Waals surface area contributed by atoms with Crippen molar-refractivity contribution in [3.8, 4) is 0 Å². The van der Waals surface area contributed by atoms with Gasteiger partial charge in [0.25, 0.3) is 5.91 Å². The van der Waals surface area contributed by atoms with Gasteiger partial charge in [-0.3, -0.25) is 19.5 Å². The van der Waals surface area contributed by atoms with Crippen molar-refractivity contribution in [2.75, 3.05) is 25.2 Å². The monoisotopic (exact) mass is 339 g/mol. The van der Waals surface area contributed by atoms with Gasteiger partial charge in [-0.1, -0.05) is 17.7 Å². The number of carbonyl (C=O) groups excluding carboxylic acids is 2. The normalized spacial score (nSPS) is 16.0. The first-order valence-corrected chi connectivity index (χ1v) is 8.22. The zero-order chi connectivity index (χ0) is 17.8. The van der Waals surface area contributed by atoms with Crippen LogP contribution in [-0.4, -0.2) is 37.1 Å². The third kappa shape index (κ3) is 3.53. The van der Waals surface area contributed by atoms with Crippen LogP contribution in [-0.2, 0) is 9.53 Å². The lowest BCUT2D eigenvalue weighted by atomic mass is 10.1. The number of aromatic nitrogens is 1. The summed E-state index contributed by atoms with van der Waals surface area (Å²) >= 11 is 0. The highest BCUT2D eigenvalue weighted by molar-refractivity contribution is 6.11. The predicted octanol–water partition coefficient (Wildman–Crippen LogP) is 2.24. The van der Waals surface area contributed by atoms with E-state index in [2.05, 4.69) is 10.3 Å². The fourth-order valence-corrected chi connectivity index (χ4v) is 2.99. The van der Waals surface area contributed by atoms with Crippen molar-refractivity contribution in [3.63, 3.8) is 0 Å². The number of carbonyl (C=O) groups is 2. The van der Waals surface area contributed by atoms with Crippen molar-refractivity contribution in [1.82, 2.24) is 10.3 Å². The molecule has 0 saturated carbocycles. The van der Waals surface area contributed by atoms with Crippen molar-refractivity contribution in [2.24, 2.45) is 0 Å². The summed E-state index contributed by atoms with van der Waals surface area (Å²) in [5.41, 5.74) is 3.08. The lowest BCUT2D eigenvalue weighted by Gasteiger charge is -2.24. The molecule has 1 aliphatic rings. The van der Waals surface area contributed by atoms with Crippen LogP contribution in [0.3, 0.4) is 0 Å². The van der Waals surface area contributed by atoms with E-state index in [1.54, 1.807) is 30.3 Å². The minimum absolute atomic E-state index is 0.123. The van der Waals surface area contributed by atoms with Crippen molar-refractivity contribution >= 4 is 17.5 Å². The summed E-state index contributed by atoms with van der Waals surface area (Å²) in [4.78, 5) is 31.2. The van der Waals surface area contributed by atoms with Gasteiger partial charge in [-0.2, -0.15) is 0 Å². The van der Waals surface area contributed by atoms with Crippen molar-refractivity contribution in [2.45, 2.75) is 19.4 Å². The molecule has 0 aliphatic carbocycles. The molecular weight excluding hydrogens is 318 g/mol. The van der Waals surface area contributed by atoms with E-state index < -0.39 is 6.04 Å². The van der Waals surface area contributed by atoms with Crippen molar-refractivity contribution < 1.29 is 14.3 Å². The van der Waals surface area contributed by atoms with E-state index in [0.717, 1.165) is 11.3 Å². The Bertz CT molecular complexity index is 774. The highest BCUT2D eigenvalue weighted by Crippen LogP contribution is 2.38. The van der Waals surface area contributed by atoms with Crippen LogP contribution in [0, 0.1) is 6.92 Å². The molecule has 0 spiro atoms. The molecule has 1 atom stereocenters. The number of fused-ring (bicyclic) bond motifs is 1. The fraction of sp³-hybridized carbons (Fsp3) is 0.316. The van der Waals surface area contributed by atoms with E-state index in [1.807, 2.05) is 31.2 Å². The highest BCUT2D eigenvalue weighted by Gasteiger charge is 2.39. The second-order valence-corrected chi connectivity index (χ2v) is 6.01. The molecule has 3 rings (SSSR count). The Morgan fingerprint density at radius 1 is 1.28 bits per heavy atom. The van der Waals surface area contributed by atoms with E-state index in [0.29, 0.717) is 24.4 Å². The van der Waals surface area contributed by atoms with Crippen LogP contribution in [0.2, 0.25) is 0 Å². The van der Waals surface area contributed by atoms with E-state index >= 15 is 0 Å². The number of aryl methyl sites for hydroxylation is 1. The Morgan fingerprint density at radius 2 is 2.04 bits per heavy atom. The van der Waals surface area contributed by atoms with Gasteiger partial charge in [0.1, 0.15) is 0 Å². The molecule has 2 aromatic rings. The molecule has 0 fully saturated rings. The standard InChI is InChI=1S/C19H21N3O3/c1-13-5-7-14(8-6-13)22-16(12-17(23)20-10-11-25-2)18-15(19(22)24)4-3-9-21-18/h3-9,16H,10-12H2,1-2H3,(H,20,23)/t16-/m1/s1. The number of ether oxygens (including phenoxy) is 1. The van der Waals surface area contributed by atoms with Crippen LogP contribution in [0.4, 0.5) is 5.69 Å². The maximum Gasteiger partial charge on any atom is 0.260 e. The Balaban J connectivity index is 1.88. The van der Waals surface area contributed by atoms with E-state index in [-0.39, 0.29) is 18.2 Å². The molecule has 2 heterocycles. The largest absolute Gasteiger partial charge is 0.383 e. The van der Waals surface area contributed by atoms with Crippen LogP contribution in [0.1, 0.15) is 34.1 Å². The summed E-state index contributed by atoms with van der Waals surface area (Å²) in [5.74, 6) is -0.257. The second kappa shape index (κ2) is 7.44. The lowest BCUT2D eigenvalue weighted by molar-refractivity contribution is -0.121. The molecule has 1 aromatic heterocycles. The number of amides is 2. The Labute approximate surface area is 146 Å². The van der Waals surface area contributed by atoms with Gasteiger partial charge in [-0.15, -0.1) is 0 Å². The number of benzene rings is 1. The van der Waals surface area contributed by atoms with Gasteiger partial charge in [-0.25, -0.2) is 0 Å². The third-order valence-corrected chi connectivity index (χ3v) is 4.23. The maximum absolute atomic E-state index is 12.9. The Kier molecular flexibility index (Phi) is 5.09. The van der Waals surface area contributed by atoms with Gasteiger partial charge >= 0.3 is 0 Å². The van der Waals surface area contributed by atoms with Gasteiger partial charge in [0.15, 0.2) is 0 Å². The zero-order valence-electron chi connectivity index (χ0n) is 14.4. The minimum atomic E-state index is -0.408. The lowest BCUT2D eigenvalue weighted by Crippen LogP contribution is -2.34. The summed E-state index contributed by atoms with van der Waals surface area (Å²) in [6.45, 7) is 2.88. The molecule has 6 nitrogen and oxygen atoms in total. The van der Waals surface area contributed by atoms with Crippen molar-refractivity contribution in [1.29, 1.82) is 0 Å². The summed E-state index contributed by atoms with van der Waals surface area (Å²) in [6.07, 6.45) is 1.81. The van der Waals surface area contributed by atoms with E-state index in [4.69, 9.17) is 4.74 Å². The number of nitrogens with zero attached hydrogens (tertiary/aromatic N) is 2. The molecule has 0 saturated heterocycles. The number of hydrogen-bond acceptors (Lipinski definition) is 4. The first kappa shape index (κ1) is 17.1. The molecule has 1 aliphatic heterocycles. The fourth-order valence-electron chi connectivity index (χ4n) is 2.99. The second-order valence-electron chi connectivity index (χ2n) is 6.01. The maximum atomic E-state index is 12.9. The summed E-state index contributed by atoms with van der Waals surface area (Å²) in [6, 6.07) is 10.8. The average Bonchev–Trinajstić information content (AvgIpc) is 2.89. The number of methoxy groups -OCH3 is 1. The molecule has 0 unspecified atom stereocenters. The molecule has 0 radical (unpaired) electrons. The topological polar surface area (TPSA) is 71.5 Å². The first-order valence-electron chi connectivity index (χ1n) is 8.22. The van der Waals surface area contributed by atoms with Gasteiger partial charge in [0.05, 0.1) is 30.3 Å². The molecule has 6 heteroatoms. The molecule has 130 valence electrons. The molecule has 1 aromatic carbocycles. The smallest absolute Gasteiger partial charge is 0.260 e. The van der Waals surface area contributed by atoms with Gasteiger partial charge in [0, 0.05) is 25.5 Å². The first-order chi connectivity index (χ1) is 12.1. The predicted molar refractivity (Wildman–Crippen MR) is 94.5 cm³/mol. The molecule has 2 amide bonds. The molecule has 1 N–H and O–H groups in total. The number of pyridine rings is 1. The number of rotatable bonds is 6. The minimum Gasteiger partial charge on any atom is -0.383 e.